The Bertz CT molecular complexity index is 1280. The molecule has 2 aromatic heterocycles. The first-order valence-corrected chi connectivity index (χ1v) is 13.7. The van der Waals surface area contributed by atoms with Crippen LogP contribution in [0.15, 0.2) is 65.1 Å². The quantitative estimate of drug-likeness (QED) is 0.253. The summed E-state index contributed by atoms with van der Waals surface area (Å²) in [5.41, 5.74) is 2.64. The lowest BCUT2D eigenvalue weighted by Crippen LogP contribution is -2.27. The number of carbonyl (C=O) groups excluding carboxylic acids is 1. The van der Waals surface area contributed by atoms with Crippen molar-refractivity contribution in [2.45, 2.75) is 38.0 Å². The third-order valence-corrected chi connectivity index (χ3v) is 7.59. The maximum Gasteiger partial charge on any atom is 0.236 e. The van der Waals surface area contributed by atoms with E-state index in [2.05, 4.69) is 63.0 Å². The van der Waals surface area contributed by atoms with Gasteiger partial charge in [-0.1, -0.05) is 55.9 Å². The zero-order valence-electron chi connectivity index (χ0n) is 20.5. The van der Waals surface area contributed by atoms with Crippen LogP contribution in [0.5, 0.6) is 0 Å². The molecule has 4 rings (SSSR count). The van der Waals surface area contributed by atoms with Crippen molar-refractivity contribution in [1.29, 1.82) is 0 Å². The van der Waals surface area contributed by atoms with Gasteiger partial charge >= 0.3 is 0 Å². The summed E-state index contributed by atoms with van der Waals surface area (Å²) >= 11 is 2.70. The Morgan fingerprint density at radius 3 is 2.58 bits per heavy atom. The van der Waals surface area contributed by atoms with E-state index in [1.807, 2.05) is 23.6 Å². The number of halogens is 1. The molecule has 36 heavy (non-hydrogen) atoms. The second-order valence-electron chi connectivity index (χ2n) is 8.29. The first kappa shape index (κ1) is 26.0. The Morgan fingerprint density at radius 2 is 1.89 bits per heavy atom. The van der Waals surface area contributed by atoms with Gasteiger partial charge in [0.05, 0.1) is 24.0 Å². The molecule has 0 aliphatic carbocycles. The summed E-state index contributed by atoms with van der Waals surface area (Å²) < 4.78 is 15.3. The number of carbonyl (C=O) groups is 1. The molecule has 0 saturated carbocycles. The van der Waals surface area contributed by atoms with E-state index in [0.29, 0.717) is 22.5 Å². The van der Waals surface area contributed by atoms with Crippen molar-refractivity contribution in [3.05, 3.63) is 77.2 Å². The molecule has 1 atom stereocenters. The molecule has 0 bridgehead atoms. The van der Waals surface area contributed by atoms with Gasteiger partial charge in [0.15, 0.2) is 16.1 Å². The van der Waals surface area contributed by atoms with E-state index < -0.39 is 0 Å². The van der Waals surface area contributed by atoms with Gasteiger partial charge < -0.3 is 9.88 Å². The first-order valence-electron chi connectivity index (χ1n) is 11.8. The summed E-state index contributed by atoms with van der Waals surface area (Å²) in [6, 6.07) is 16.5. The van der Waals surface area contributed by atoms with Gasteiger partial charge in [0.1, 0.15) is 5.82 Å². The summed E-state index contributed by atoms with van der Waals surface area (Å²) in [7, 11) is 2.09. The minimum Gasteiger partial charge on any atom is -0.301 e. The van der Waals surface area contributed by atoms with Crippen molar-refractivity contribution in [3.63, 3.8) is 0 Å². The Labute approximate surface area is 218 Å². The zero-order chi connectivity index (χ0) is 25.5. The average molecular weight is 525 g/mol. The number of benzene rings is 2. The van der Waals surface area contributed by atoms with Crippen LogP contribution < -0.4 is 5.32 Å². The number of hydrogen-bond donors (Lipinski definition) is 1. The van der Waals surface area contributed by atoms with Crippen molar-refractivity contribution in [1.82, 2.24) is 24.6 Å². The number of nitrogens with zero attached hydrogens (tertiary/aromatic N) is 5. The van der Waals surface area contributed by atoms with Crippen molar-refractivity contribution in [3.8, 4) is 11.3 Å². The van der Waals surface area contributed by atoms with Gasteiger partial charge in [-0.2, -0.15) is 0 Å². The molecule has 7 nitrogen and oxygen atoms in total. The van der Waals surface area contributed by atoms with Gasteiger partial charge in [-0.05, 0) is 49.8 Å². The van der Waals surface area contributed by atoms with Crippen molar-refractivity contribution in [2.75, 3.05) is 24.7 Å². The SMILES string of the molecule is CCC(c1nnc(SCC(=O)Nc2nc(-c3ccc(F)cc3)cs2)n1Cc1ccccc1)N(C)CC. The van der Waals surface area contributed by atoms with Crippen LogP contribution in [-0.2, 0) is 11.3 Å². The number of rotatable bonds is 11. The molecule has 0 aliphatic heterocycles. The second-order valence-corrected chi connectivity index (χ2v) is 10.1. The lowest BCUT2D eigenvalue weighted by Gasteiger charge is -2.25. The molecule has 1 N–H and O–H groups in total. The average Bonchev–Trinajstić information content (AvgIpc) is 3.51. The molecule has 188 valence electrons. The van der Waals surface area contributed by atoms with Gasteiger partial charge in [-0.25, -0.2) is 9.37 Å². The predicted octanol–water partition coefficient (Wildman–Crippen LogP) is 5.72. The maximum atomic E-state index is 13.2. The topological polar surface area (TPSA) is 75.9 Å². The molecule has 4 aromatic rings. The lowest BCUT2D eigenvalue weighted by molar-refractivity contribution is -0.113. The van der Waals surface area contributed by atoms with Crippen LogP contribution in [0, 0.1) is 5.82 Å². The fourth-order valence-electron chi connectivity index (χ4n) is 3.85. The first-order chi connectivity index (χ1) is 17.5. The Hall–Kier alpha value is -3.08. The molecule has 0 radical (unpaired) electrons. The largest absolute Gasteiger partial charge is 0.301 e. The molecule has 2 heterocycles. The van der Waals surface area contributed by atoms with Crippen LogP contribution >= 0.6 is 23.1 Å². The maximum absolute atomic E-state index is 13.2. The summed E-state index contributed by atoms with van der Waals surface area (Å²) in [4.78, 5) is 19.4. The van der Waals surface area contributed by atoms with E-state index >= 15 is 0 Å². The van der Waals surface area contributed by atoms with Crippen LogP contribution in [0.1, 0.15) is 37.7 Å². The second kappa shape index (κ2) is 12.2. The monoisotopic (exact) mass is 524 g/mol. The van der Waals surface area contributed by atoms with Crippen LogP contribution in [0.25, 0.3) is 11.3 Å². The Balaban J connectivity index is 1.46. The minimum absolute atomic E-state index is 0.134. The molecule has 1 amide bonds. The Kier molecular flexibility index (Phi) is 8.84. The summed E-state index contributed by atoms with van der Waals surface area (Å²) in [6.45, 7) is 5.80. The van der Waals surface area contributed by atoms with Crippen LogP contribution in [0.4, 0.5) is 9.52 Å². The summed E-state index contributed by atoms with van der Waals surface area (Å²) in [6.07, 6.45) is 0.906. The zero-order valence-corrected chi connectivity index (χ0v) is 22.2. The summed E-state index contributed by atoms with van der Waals surface area (Å²) in [5, 5.41) is 14.9. The van der Waals surface area contributed by atoms with E-state index in [1.54, 1.807) is 12.1 Å². The lowest BCUT2D eigenvalue weighted by atomic mass is 10.1. The number of hydrogen-bond acceptors (Lipinski definition) is 7. The van der Waals surface area contributed by atoms with Crippen LogP contribution in [0.2, 0.25) is 0 Å². The van der Waals surface area contributed by atoms with E-state index in [-0.39, 0.29) is 23.5 Å². The fraction of sp³-hybridized carbons (Fsp3) is 0.308. The molecule has 2 aromatic carbocycles. The molecule has 0 aliphatic rings. The third-order valence-electron chi connectivity index (χ3n) is 5.87. The van der Waals surface area contributed by atoms with E-state index in [9.17, 15) is 9.18 Å². The van der Waals surface area contributed by atoms with E-state index in [1.165, 1.54) is 35.2 Å². The molecule has 10 heteroatoms. The van der Waals surface area contributed by atoms with Gasteiger partial charge in [-0.15, -0.1) is 21.5 Å². The van der Waals surface area contributed by atoms with Gasteiger partial charge in [0, 0.05) is 10.9 Å². The highest BCUT2D eigenvalue weighted by molar-refractivity contribution is 7.99. The molecule has 0 spiro atoms. The normalized spacial score (nSPS) is 12.1. The molecular weight excluding hydrogens is 495 g/mol. The van der Waals surface area contributed by atoms with Gasteiger partial charge in [0.2, 0.25) is 5.91 Å². The standard InChI is InChI=1S/C26H29FN6OS2/c1-4-22(32(3)5-2)24-30-31-26(33(24)15-18-9-7-6-8-10-18)36-17-23(34)29-25-28-21(16-35-25)19-11-13-20(27)14-12-19/h6-14,16,22H,4-5,15,17H2,1-3H3,(H,28,29,34). The molecule has 1 unspecified atom stereocenters. The predicted molar refractivity (Wildman–Crippen MR) is 144 cm³/mol. The number of nitrogens with one attached hydrogen (secondary N) is 1. The van der Waals surface area contributed by atoms with E-state index in [4.69, 9.17) is 0 Å². The molecule has 0 saturated heterocycles. The van der Waals surface area contributed by atoms with Crippen molar-refractivity contribution in [2.24, 2.45) is 0 Å². The van der Waals surface area contributed by atoms with Crippen molar-refractivity contribution >= 4 is 34.1 Å². The van der Waals surface area contributed by atoms with Crippen molar-refractivity contribution < 1.29 is 9.18 Å². The smallest absolute Gasteiger partial charge is 0.236 e. The number of aromatic nitrogens is 4. The molecular formula is C26H29FN6OS2. The van der Waals surface area contributed by atoms with Gasteiger partial charge in [-0.3, -0.25) is 9.69 Å². The summed E-state index contributed by atoms with van der Waals surface area (Å²) in [5.74, 6) is 0.610. The highest BCUT2D eigenvalue weighted by Gasteiger charge is 2.23. The minimum atomic E-state index is -0.297. The van der Waals surface area contributed by atoms with Crippen LogP contribution in [-0.4, -0.2) is 49.9 Å². The Morgan fingerprint density at radius 1 is 1.14 bits per heavy atom. The molecule has 0 fully saturated rings. The van der Waals surface area contributed by atoms with Crippen LogP contribution in [0.3, 0.4) is 0 Å². The van der Waals surface area contributed by atoms with Gasteiger partial charge in [0.25, 0.3) is 0 Å². The number of thiazole rings is 1. The van der Waals surface area contributed by atoms with E-state index in [0.717, 1.165) is 29.9 Å². The third kappa shape index (κ3) is 6.37. The highest BCUT2D eigenvalue weighted by Crippen LogP contribution is 2.28. The highest BCUT2D eigenvalue weighted by atomic mass is 32.2. The number of anilines is 1. The number of amides is 1. The fourth-order valence-corrected chi connectivity index (χ4v) is 5.33. The number of thioether (sulfide) groups is 1.